The molecule has 0 spiro atoms. The zero-order valence-electron chi connectivity index (χ0n) is 11.9. The van der Waals surface area contributed by atoms with Crippen LogP contribution >= 0.6 is 11.6 Å². The molecule has 3 rings (SSSR count). The van der Waals surface area contributed by atoms with Crippen molar-refractivity contribution < 1.29 is 8.42 Å². The lowest BCUT2D eigenvalue weighted by Crippen LogP contribution is -2.50. The van der Waals surface area contributed by atoms with E-state index in [0.29, 0.717) is 35.7 Å². The molecule has 0 aliphatic carbocycles. The van der Waals surface area contributed by atoms with E-state index in [-0.39, 0.29) is 0 Å². The minimum Gasteiger partial charge on any atom is -0.357 e. The van der Waals surface area contributed by atoms with Crippen LogP contribution in [0, 0.1) is 0 Å². The predicted molar refractivity (Wildman–Crippen MR) is 84.7 cm³/mol. The summed E-state index contributed by atoms with van der Waals surface area (Å²) in [4.78, 5) is 8.97. The van der Waals surface area contributed by atoms with Crippen LogP contribution in [0.4, 0.5) is 5.82 Å². The lowest BCUT2D eigenvalue weighted by atomic mass is 10.0. The number of pyridine rings is 1. The number of halogens is 1. The molecule has 2 aliphatic heterocycles. The molecule has 0 radical (unpaired) electrons. The van der Waals surface area contributed by atoms with Gasteiger partial charge in [-0.2, -0.15) is 0 Å². The molecular formula is C14H20ClN3O2S. The zero-order chi connectivity index (χ0) is 14.9. The van der Waals surface area contributed by atoms with Gasteiger partial charge in [0, 0.05) is 38.4 Å². The van der Waals surface area contributed by atoms with Gasteiger partial charge in [0.25, 0.3) is 0 Å². The minimum absolute atomic E-state index is 0.311. The maximum Gasteiger partial charge on any atom is 0.152 e. The molecule has 2 aliphatic rings. The monoisotopic (exact) mass is 329 g/mol. The van der Waals surface area contributed by atoms with Gasteiger partial charge in [-0.05, 0) is 25.0 Å². The fraction of sp³-hybridized carbons (Fsp3) is 0.643. The van der Waals surface area contributed by atoms with Gasteiger partial charge in [-0.25, -0.2) is 13.4 Å². The number of anilines is 1. The molecule has 2 saturated heterocycles. The molecule has 0 amide bonds. The number of nitrogens with zero attached hydrogens (tertiary/aromatic N) is 3. The second kappa shape index (κ2) is 6.10. The number of piperidine rings is 1. The molecule has 116 valence electrons. The SMILES string of the molecule is O=S1(=O)CCN(C2CCN(c3ccc(Cl)cn3)CC2)CC1. The Labute approximate surface area is 130 Å². The van der Waals surface area contributed by atoms with Crippen molar-refractivity contribution in [1.29, 1.82) is 0 Å². The Kier molecular flexibility index (Phi) is 4.38. The standard InChI is InChI=1S/C14H20ClN3O2S/c15-12-1-2-14(16-11-12)18-5-3-13(4-6-18)17-7-9-21(19,20)10-8-17/h1-2,11,13H,3-10H2. The van der Waals surface area contributed by atoms with Crippen molar-refractivity contribution in [2.24, 2.45) is 0 Å². The first-order chi connectivity index (χ1) is 10.0. The van der Waals surface area contributed by atoms with Gasteiger partial charge in [-0.1, -0.05) is 11.6 Å². The van der Waals surface area contributed by atoms with E-state index in [1.165, 1.54) is 0 Å². The molecule has 0 atom stereocenters. The molecule has 1 aromatic rings. The van der Waals surface area contributed by atoms with Crippen molar-refractivity contribution >= 4 is 27.3 Å². The van der Waals surface area contributed by atoms with E-state index < -0.39 is 9.84 Å². The molecule has 2 fully saturated rings. The van der Waals surface area contributed by atoms with Crippen LogP contribution in [0.1, 0.15) is 12.8 Å². The van der Waals surface area contributed by atoms with Gasteiger partial charge >= 0.3 is 0 Å². The molecule has 0 bridgehead atoms. The van der Waals surface area contributed by atoms with Gasteiger partial charge < -0.3 is 4.90 Å². The number of rotatable bonds is 2. The topological polar surface area (TPSA) is 53.5 Å². The third kappa shape index (κ3) is 3.67. The highest BCUT2D eigenvalue weighted by Gasteiger charge is 2.29. The summed E-state index contributed by atoms with van der Waals surface area (Å²) in [5.74, 6) is 1.59. The second-order valence-electron chi connectivity index (χ2n) is 5.74. The Morgan fingerprint density at radius 1 is 1.10 bits per heavy atom. The molecule has 3 heterocycles. The van der Waals surface area contributed by atoms with E-state index in [1.54, 1.807) is 6.20 Å². The third-order valence-corrected chi connectivity index (χ3v) is 6.23. The Morgan fingerprint density at radius 2 is 1.76 bits per heavy atom. The fourth-order valence-electron chi connectivity index (χ4n) is 3.11. The van der Waals surface area contributed by atoms with Gasteiger partial charge in [0.1, 0.15) is 5.82 Å². The summed E-state index contributed by atoms with van der Waals surface area (Å²) in [6.45, 7) is 3.30. The molecule has 0 unspecified atom stereocenters. The minimum atomic E-state index is -2.79. The lowest BCUT2D eigenvalue weighted by molar-refractivity contribution is 0.182. The summed E-state index contributed by atoms with van der Waals surface area (Å²) in [7, 11) is -2.79. The summed E-state index contributed by atoms with van der Waals surface area (Å²) in [6.07, 6.45) is 3.80. The van der Waals surface area contributed by atoms with E-state index in [1.807, 2.05) is 12.1 Å². The van der Waals surface area contributed by atoms with Crippen LogP contribution in [0.15, 0.2) is 18.3 Å². The maximum atomic E-state index is 11.5. The molecule has 0 saturated carbocycles. The predicted octanol–water partition coefficient (Wildman–Crippen LogP) is 1.43. The first-order valence-corrected chi connectivity index (χ1v) is 9.54. The third-order valence-electron chi connectivity index (χ3n) is 4.40. The first kappa shape index (κ1) is 15.1. The highest BCUT2D eigenvalue weighted by molar-refractivity contribution is 7.91. The smallest absolute Gasteiger partial charge is 0.152 e. The summed E-state index contributed by atoms with van der Waals surface area (Å²) in [5.41, 5.74) is 0. The lowest BCUT2D eigenvalue weighted by Gasteiger charge is -2.40. The number of sulfone groups is 1. The summed E-state index contributed by atoms with van der Waals surface area (Å²) >= 11 is 5.86. The second-order valence-corrected chi connectivity index (χ2v) is 8.48. The van der Waals surface area contributed by atoms with Crippen molar-refractivity contribution in [1.82, 2.24) is 9.88 Å². The van der Waals surface area contributed by atoms with Gasteiger partial charge in [0.15, 0.2) is 9.84 Å². The Bertz CT molecular complexity index is 569. The van der Waals surface area contributed by atoms with Gasteiger partial charge in [-0.3, -0.25) is 4.90 Å². The van der Waals surface area contributed by atoms with Crippen LogP contribution in [0.25, 0.3) is 0 Å². The van der Waals surface area contributed by atoms with Crippen LogP contribution in [0.5, 0.6) is 0 Å². The molecule has 21 heavy (non-hydrogen) atoms. The van der Waals surface area contributed by atoms with Crippen molar-refractivity contribution in [3.05, 3.63) is 23.4 Å². The fourth-order valence-corrected chi connectivity index (χ4v) is 4.45. The van der Waals surface area contributed by atoms with Crippen LogP contribution in [0.3, 0.4) is 0 Å². The average molecular weight is 330 g/mol. The van der Waals surface area contributed by atoms with E-state index >= 15 is 0 Å². The van der Waals surface area contributed by atoms with E-state index in [2.05, 4.69) is 14.8 Å². The van der Waals surface area contributed by atoms with E-state index in [0.717, 1.165) is 31.7 Å². The quantitative estimate of drug-likeness (QED) is 0.821. The summed E-state index contributed by atoms with van der Waals surface area (Å²) < 4.78 is 23.0. The summed E-state index contributed by atoms with van der Waals surface area (Å²) in [6, 6.07) is 4.32. The largest absolute Gasteiger partial charge is 0.357 e. The average Bonchev–Trinajstić information content (AvgIpc) is 2.48. The van der Waals surface area contributed by atoms with Crippen molar-refractivity contribution in [2.45, 2.75) is 18.9 Å². The Balaban J connectivity index is 1.54. The number of hydrogen-bond donors (Lipinski definition) is 0. The Morgan fingerprint density at radius 3 is 2.33 bits per heavy atom. The maximum absolute atomic E-state index is 11.5. The molecule has 1 aromatic heterocycles. The first-order valence-electron chi connectivity index (χ1n) is 7.34. The van der Waals surface area contributed by atoms with Crippen molar-refractivity contribution in [2.75, 3.05) is 42.6 Å². The van der Waals surface area contributed by atoms with Gasteiger partial charge in [0.05, 0.1) is 16.5 Å². The molecule has 0 N–H and O–H groups in total. The molecule has 7 heteroatoms. The highest BCUT2D eigenvalue weighted by Crippen LogP contribution is 2.23. The highest BCUT2D eigenvalue weighted by atomic mass is 35.5. The van der Waals surface area contributed by atoms with Crippen LogP contribution in [0.2, 0.25) is 5.02 Å². The molecule has 0 aromatic carbocycles. The zero-order valence-corrected chi connectivity index (χ0v) is 13.5. The Hall–Kier alpha value is -0.850. The normalized spacial score (nSPS) is 24.1. The number of aromatic nitrogens is 1. The molecular weight excluding hydrogens is 310 g/mol. The summed E-state index contributed by atoms with van der Waals surface area (Å²) in [5, 5.41) is 0.656. The van der Waals surface area contributed by atoms with Crippen LogP contribution in [-0.4, -0.2) is 62.0 Å². The van der Waals surface area contributed by atoms with Gasteiger partial charge in [-0.15, -0.1) is 0 Å². The van der Waals surface area contributed by atoms with Gasteiger partial charge in [0.2, 0.25) is 0 Å². The van der Waals surface area contributed by atoms with Crippen LogP contribution < -0.4 is 4.90 Å². The van der Waals surface area contributed by atoms with E-state index in [4.69, 9.17) is 11.6 Å². The van der Waals surface area contributed by atoms with E-state index in [9.17, 15) is 8.42 Å². The number of hydrogen-bond acceptors (Lipinski definition) is 5. The van der Waals surface area contributed by atoms with Crippen molar-refractivity contribution in [3.63, 3.8) is 0 Å². The molecule has 5 nitrogen and oxygen atoms in total. The van der Waals surface area contributed by atoms with Crippen molar-refractivity contribution in [3.8, 4) is 0 Å². The van der Waals surface area contributed by atoms with Crippen LogP contribution in [-0.2, 0) is 9.84 Å².